The molecule has 0 radical (unpaired) electrons. The number of H-pyrrole nitrogens is 1. The molecule has 0 spiro atoms. The first-order valence-corrected chi connectivity index (χ1v) is 9.27. The van der Waals surface area contributed by atoms with E-state index in [0.29, 0.717) is 11.8 Å². The van der Waals surface area contributed by atoms with Gasteiger partial charge in [-0.2, -0.15) is 5.10 Å². The average molecular weight is 348 g/mol. The number of aromatic nitrogens is 2. The van der Waals surface area contributed by atoms with Crippen molar-refractivity contribution in [3.63, 3.8) is 0 Å². The zero-order valence-corrected chi connectivity index (χ0v) is 16.0. The maximum atomic E-state index is 4.09. The third-order valence-electron chi connectivity index (χ3n) is 4.75. The summed E-state index contributed by atoms with van der Waals surface area (Å²) in [7, 11) is 0. The second kappa shape index (κ2) is 8.19. The minimum Gasteiger partial charge on any atom is -0.321 e. The van der Waals surface area contributed by atoms with E-state index < -0.39 is 0 Å². The Kier molecular flexibility index (Phi) is 5.74. The summed E-state index contributed by atoms with van der Waals surface area (Å²) in [6, 6.07) is 13.1. The van der Waals surface area contributed by atoms with Crippen LogP contribution in [0.15, 0.2) is 48.7 Å². The van der Waals surface area contributed by atoms with Crippen LogP contribution < -0.4 is 10.9 Å². The molecular weight excluding hydrogens is 320 g/mol. The number of hydrazine groups is 1. The van der Waals surface area contributed by atoms with Gasteiger partial charge in [-0.1, -0.05) is 51.1 Å². The van der Waals surface area contributed by atoms with Gasteiger partial charge in [0.15, 0.2) is 0 Å². The molecule has 1 aromatic heterocycles. The first kappa shape index (κ1) is 18.2. The molecule has 136 valence electrons. The second-order valence-corrected chi connectivity index (χ2v) is 7.13. The third-order valence-corrected chi connectivity index (χ3v) is 4.75. The molecule has 2 aromatic carbocycles. The van der Waals surface area contributed by atoms with E-state index in [-0.39, 0.29) is 0 Å². The molecular formula is C22H28N4. The van der Waals surface area contributed by atoms with Gasteiger partial charge < -0.3 is 5.43 Å². The standard InChI is InChI=1S/C22H28N4/c1-5-6-19-11-17(15(2)3)9-10-21(19)25-23-13-16(4)18-7-8-20-14-24-26-22(20)12-18/h5-12,14-16,23,25H,13H2,1-4H3,(H,24,26)/b6-5-. The van der Waals surface area contributed by atoms with Crippen molar-refractivity contribution in [2.75, 3.05) is 12.0 Å². The van der Waals surface area contributed by atoms with Crippen LogP contribution >= 0.6 is 0 Å². The summed E-state index contributed by atoms with van der Waals surface area (Å²) in [4.78, 5) is 0. The van der Waals surface area contributed by atoms with Crippen molar-refractivity contribution in [1.82, 2.24) is 15.6 Å². The molecule has 26 heavy (non-hydrogen) atoms. The van der Waals surface area contributed by atoms with Crippen LogP contribution in [0.2, 0.25) is 0 Å². The van der Waals surface area contributed by atoms with Crippen LogP contribution in [-0.2, 0) is 0 Å². The molecule has 1 atom stereocenters. The number of hydrogen-bond donors (Lipinski definition) is 3. The number of benzene rings is 2. The number of nitrogens with zero attached hydrogens (tertiary/aromatic N) is 1. The number of allylic oxidation sites excluding steroid dienone is 1. The van der Waals surface area contributed by atoms with Crippen molar-refractivity contribution in [1.29, 1.82) is 0 Å². The predicted octanol–water partition coefficient (Wildman–Crippen LogP) is 5.44. The van der Waals surface area contributed by atoms with Gasteiger partial charge in [0.05, 0.1) is 17.4 Å². The Hall–Kier alpha value is -2.59. The molecule has 0 aliphatic rings. The maximum absolute atomic E-state index is 4.09. The topological polar surface area (TPSA) is 52.7 Å². The van der Waals surface area contributed by atoms with Crippen LogP contribution in [0.25, 0.3) is 17.0 Å². The van der Waals surface area contributed by atoms with Crippen molar-refractivity contribution >= 4 is 22.7 Å². The van der Waals surface area contributed by atoms with Crippen molar-refractivity contribution in [2.24, 2.45) is 0 Å². The maximum Gasteiger partial charge on any atom is 0.0653 e. The lowest BCUT2D eigenvalue weighted by Crippen LogP contribution is -2.26. The molecule has 0 bridgehead atoms. The smallest absolute Gasteiger partial charge is 0.0653 e. The van der Waals surface area contributed by atoms with Gasteiger partial charge in [0.2, 0.25) is 0 Å². The largest absolute Gasteiger partial charge is 0.321 e. The van der Waals surface area contributed by atoms with E-state index in [1.54, 1.807) is 0 Å². The van der Waals surface area contributed by atoms with E-state index in [4.69, 9.17) is 0 Å². The summed E-state index contributed by atoms with van der Waals surface area (Å²) in [5.74, 6) is 0.911. The molecule has 0 saturated heterocycles. The van der Waals surface area contributed by atoms with Crippen molar-refractivity contribution in [3.8, 4) is 0 Å². The molecule has 1 unspecified atom stereocenters. The van der Waals surface area contributed by atoms with E-state index in [1.165, 1.54) is 16.7 Å². The molecule has 0 fully saturated rings. The Morgan fingerprint density at radius 1 is 1.08 bits per heavy atom. The molecule has 1 heterocycles. The van der Waals surface area contributed by atoms with Crippen LogP contribution in [-0.4, -0.2) is 16.7 Å². The molecule has 0 saturated carbocycles. The number of aromatic amines is 1. The summed E-state index contributed by atoms with van der Waals surface area (Å²) in [5, 5.41) is 8.28. The quantitative estimate of drug-likeness (QED) is 0.498. The lowest BCUT2D eigenvalue weighted by molar-refractivity contribution is 0.672. The molecule has 3 N–H and O–H groups in total. The molecule has 4 heteroatoms. The fraction of sp³-hybridized carbons (Fsp3) is 0.318. The molecule has 0 amide bonds. The van der Waals surface area contributed by atoms with E-state index in [9.17, 15) is 0 Å². The molecule has 0 aliphatic carbocycles. The minimum atomic E-state index is 0.385. The highest BCUT2D eigenvalue weighted by atomic mass is 15.4. The third kappa shape index (κ3) is 4.14. The summed E-state index contributed by atoms with van der Waals surface area (Å²) in [5.41, 5.74) is 12.8. The van der Waals surface area contributed by atoms with Crippen molar-refractivity contribution in [2.45, 2.75) is 39.5 Å². The first-order chi connectivity index (χ1) is 12.6. The van der Waals surface area contributed by atoms with Gasteiger partial charge >= 0.3 is 0 Å². The van der Waals surface area contributed by atoms with Gasteiger partial charge in [0.25, 0.3) is 0 Å². The van der Waals surface area contributed by atoms with Crippen LogP contribution in [0.5, 0.6) is 0 Å². The van der Waals surface area contributed by atoms with E-state index in [1.807, 2.05) is 13.1 Å². The summed E-state index contributed by atoms with van der Waals surface area (Å²) in [6.07, 6.45) is 6.07. The number of nitrogens with one attached hydrogen (secondary N) is 3. The molecule has 3 aromatic rings. The zero-order valence-electron chi connectivity index (χ0n) is 16.0. The Morgan fingerprint density at radius 2 is 1.88 bits per heavy atom. The van der Waals surface area contributed by atoms with Crippen molar-refractivity contribution in [3.05, 3.63) is 65.4 Å². The van der Waals surface area contributed by atoms with Gasteiger partial charge in [-0.3, -0.25) is 5.10 Å². The van der Waals surface area contributed by atoms with Gasteiger partial charge in [-0.05, 0) is 53.6 Å². The fourth-order valence-electron chi connectivity index (χ4n) is 3.05. The van der Waals surface area contributed by atoms with E-state index in [0.717, 1.165) is 23.1 Å². The number of hydrogen-bond acceptors (Lipinski definition) is 3. The van der Waals surface area contributed by atoms with E-state index >= 15 is 0 Å². The normalized spacial score (nSPS) is 13.0. The first-order valence-electron chi connectivity index (χ1n) is 9.27. The number of anilines is 1. The van der Waals surface area contributed by atoms with Crippen LogP contribution in [0.3, 0.4) is 0 Å². The van der Waals surface area contributed by atoms with Gasteiger partial charge in [0.1, 0.15) is 0 Å². The van der Waals surface area contributed by atoms with E-state index in [2.05, 4.69) is 90.4 Å². The second-order valence-electron chi connectivity index (χ2n) is 7.13. The Bertz CT molecular complexity index is 892. The monoisotopic (exact) mass is 348 g/mol. The zero-order chi connectivity index (χ0) is 18.5. The van der Waals surface area contributed by atoms with Gasteiger partial charge in [-0.25, -0.2) is 5.43 Å². The lowest BCUT2D eigenvalue weighted by atomic mass is 9.99. The molecule has 0 aliphatic heterocycles. The minimum absolute atomic E-state index is 0.385. The highest BCUT2D eigenvalue weighted by Crippen LogP contribution is 2.24. The van der Waals surface area contributed by atoms with Crippen molar-refractivity contribution < 1.29 is 0 Å². The van der Waals surface area contributed by atoms with Gasteiger partial charge in [-0.15, -0.1) is 0 Å². The summed E-state index contributed by atoms with van der Waals surface area (Å²) >= 11 is 0. The number of rotatable bonds is 7. The lowest BCUT2D eigenvalue weighted by Gasteiger charge is -2.17. The highest BCUT2D eigenvalue weighted by molar-refractivity contribution is 5.78. The average Bonchev–Trinajstić information content (AvgIpc) is 3.10. The Balaban J connectivity index is 1.65. The van der Waals surface area contributed by atoms with Crippen LogP contribution in [0.4, 0.5) is 5.69 Å². The SMILES string of the molecule is C/C=C\c1cc(C(C)C)ccc1NNCC(C)c1ccc2cn[nH]c2c1. The predicted molar refractivity (Wildman–Crippen MR) is 111 cm³/mol. The molecule has 4 nitrogen and oxygen atoms in total. The highest BCUT2D eigenvalue weighted by Gasteiger charge is 2.08. The fourth-order valence-corrected chi connectivity index (χ4v) is 3.05. The Morgan fingerprint density at radius 3 is 2.65 bits per heavy atom. The summed E-state index contributed by atoms with van der Waals surface area (Å²) < 4.78 is 0. The molecule has 3 rings (SSSR count). The summed E-state index contributed by atoms with van der Waals surface area (Å²) in [6.45, 7) is 9.55. The van der Waals surface area contributed by atoms with Gasteiger partial charge in [0, 0.05) is 11.9 Å². The van der Waals surface area contributed by atoms with Crippen LogP contribution in [0.1, 0.15) is 56.2 Å². The van der Waals surface area contributed by atoms with Crippen LogP contribution in [0, 0.1) is 0 Å². The number of fused-ring (bicyclic) bond motifs is 1. The Labute approximate surface area is 155 Å².